The number of hydrogen-bond donors (Lipinski definition) is 0. The van der Waals surface area contributed by atoms with E-state index in [1.807, 2.05) is 74.5 Å². The van der Waals surface area contributed by atoms with E-state index in [9.17, 15) is 4.79 Å². The molecule has 2 aromatic heterocycles. The van der Waals surface area contributed by atoms with Crippen LogP contribution in [0.25, 0.3) is 0 Å². The molecule has 0 fully saturated rings. The Morgan fingerprint density at radius 1 is 0.871 bits per heavy atom. The Kier molecular flexibility index (Phi) is 6.08. The Bertz CT molecular complexity index is 1190. The van der Waals surface area contributed by atoms with Gasteiger partial charge in [0.05, 0.1) is 6.04 Å². The number of ether oxygens (including phenoxy) is 2. The molecule has 0 saturated carbocycles. The zero-order chi connectivity index (χ0) is 21.6. The number of benzene rings is 2. The normalized spacial score (nSPS) is 11.7. The third-order valence-corrected chi connectivity index (χ3v) is 4.95. The predicted octanol–water partition coefficient (Wildman–Crippen LogP) is 4.93. The van der Waals surface area contributed by atoms with Gasteiger partial charge in [-0.15, -0.1) is 0 Å². The molecule has 31 heavy (non-hydrogen) atoms. The Hall–Kier alpha value is -3.93. The highest BCUT2D eigenvalue weighted by molar-refractivity contribution is 5.34. The van der Waals surface area contributed by atoms with Gasteiger partial charge in [0.15, 0.2) is 5.82 Å². The van der Waals surface area contributed by atoms with Gasteiger partial charge >= 0.3 is 0 Å². The van der Waals surface area contributed by atoms with Crippen molar-refractivity contribution in [2.75, 3.05) is 0 Å². The first-order chi connectivity index (χ1) is 15.1. The first-order valence-electron chi connectivity index (χ1n) is 10.0. The number of hydrogen-bond acceptors (Lipinski definition) is 5. The van der Waals surface area contributed by atoms with Crippen molar-refractivity contribution < 1.29 is 9.47 Å². The summed E-state index contributed by atoms with van der Waals surface area (Å²) >= 11 is 0. The monoisotopic (exact) mass is 413 g/mol. The number of nitrogens with zero attached hydrogens (tertiary/aromatic N) is 3. The molecule has 0 amide bonds. The molecular weight excluding hydrogens is 390 g/mol. The first kappa shape index (κ1) is 20.3. The summed E-state index contributed by atoms with van der Waals surface area (Å²) in [7, 11) is 0. The molecule has 0 spiro atoms. The molecule has 0 aliphatic rings. The highest BCUT2D eigenvalue weighted by Gasteiger charge is 2.14. The fourth-order valence-electron chi connectivity index (χ4n) is 3.40. The SMILES string of the molecule is Cc1cc(OCc2ncccn2)cc(=O)n1C(C)c1ccc(Oc2ccccc2)cc1. The van der Waals surface area contributed by atoms with Crippen LogP contribution in [0.3, 0.4) is 0 Å². The fraction of sp³-hybridized carbons (Fsp3) is 0.160. The summed E-state index contributed by atoms with van der Waals surface area (Å²) in [5.41, 5.74) is 1.70. The molecule has 6 heteroatoms. The molecule has 1 atom stereocenters. The van der Waals surface area contributed by atoms with E-state index in [4.69, 9.17) is 9.47 Å². The minimum Gasteiger partial charge on any atom is -0.485 e. The van der Waals surface area contributed by atoms with E-state index in [0.29, 0.717) is 11.6 Å². The number of para-hydroxylation sites is 1. The van der Waals surface area contributed by atoms with Crippen LogP contribution in [0, 0.1) is 6.92 Å². The molecule has 6 nitrogen and oxygen atoms in total. The third kappa shape index (κ3) is 4.98. The van der Waals surface area contributed by atoms with E-state index in [1.54, 1.807) is 23.0 Å². The maximum atomic E-state index is 12.8. The lowest BCUT2D eigenvalue weighted by Crippen LogP contribution is -2.25. The van der Waals surface area contributed by atoms with Gasteiger partial charge in [0.25, 0.3) is 5.56 Å². The van der Waals surface area contributed by atoms with Crippen LogP contribution in [0.15, 0.2) is 90.0 Å². The summed E-state index contributed by atoms with van der Waals surface area (Å²) in [6, 6.07) is 22.4. The first-order valence-corrected chi connectivity index (χ1v) is 10.0. The van der Waals surface area contributed by atoms with Crippen LogP contribution in [-0.2, 0) is 6.61 Å². The molecule has 0 bridgehead atoms. The lowest BCUT2D eigenvalue weighted by atomic mass is 10.1. The van der Waals surface area contributed by atoms with E-state index in [-0.39, 0.29) is 18.2 Å². The van der Waals surface area contributed by atoms with Crippen molar-refractivity contribution in [1.29, 1.82) is 0 Å². The summed E-state index contributed by atoms with van der Waals surface area (Å²) < 4.78 is 13.3. The van der Waals surface area contributed by atoms with Crippen LogP contribution < -0.4 is 15.0 Å². The average molecular weight is 413 g/mol. The Labute approximate surface area is 180 Å². The second-order valence-electron chi connectivity index (χ2n) is 7.15. The van der Waals surface area contributed by atoms with Crippen LogP contribution in [0.1, 0.15) is 30.0 Å². The highest BCUT2D eigenvalue weighted by Crippen LogP contribution is 2.25. The van der Waals surface area contributed by atoms with Gasteiger partial charge in [-0.2, -0.15) is 0 Å². The zero-order valence-electron chi connectivity index (χ0n) is 17.4. The van der Waals surface area contributed by atoms with Crippen molar-refractivity contribution in [3.8, 4) is 17.2 Å². The van der Waals surface area contributed by atoms with Crippen molar-refractivity contribution in [2.24, 2.45) is 0 Å². The average Bonchev–Trinajstić information content (AvgIpc) is 2.79. The van der Waals surface area contributed by atoms with Crippen molar-refractivity contribution in [2.45, 2.75) is 26.5 Å². The molecule has 0 radical (unpaired) electrons. The second-order valence-corrected chi connectivity index (χ2v) is 7.15. The fourth-order valence-corrected chi connectivity index (χ4v) is 3.40. The van der Waals surface area contributed by atoms with Crippen molar-refractivity contribution in [3.05, 3.63) is 113 Å². The van der Waals surface area contributed by atoms with Crippen molar-refractivity contribution >= 4 is 0 Å². The summed E-state index contributed by atoms with van der Waals surface area (Å²) in [5.74, 6) is 2.60. The van der Waals surface area contributed by atoms with Crippen LogP contribution in [0.4, 0.5) is 0 Å². The Morgan fingerprint density at radius 3 is 2.23 bits per heavy atom. The van der Waals surface area contributed by atoms with Gasteiger partial charge in [-0.3, -0.25) is 4.79 Å². The minimum atomic E-state index is -0.134. The maximum absolute atomic E-state index is 12.8. The summed E-state index contributed by atoms with van der Waals surface area (Å²) in [5, 5.41) is 0. The Balaban J connectivity index is 1.48. The molecule has 1 unspecified atom stereocenters. The quantitative estimate of drug-likeness (QED) is 0.430. The summed E-state index contributed by atoms with van der Waals surface area (Å²) in [6.45, 7) is 4.11. The molecule has 0 aliphatic heterocycles. The minimum absolute atomic E-state index is 0.124. The van der Waals surface area contributed by atoms with Gasteiger partial charge in [0, 0.05) is 24.2 Å². The number of pyridine rings is 1. The molecule has 0 saturated heterocycles. The van der Waals surface area contributed by atoms with E-state index >= 15 is 0 Å². The molecule has 4 aromatic rings. The second kappa shape index (κ2) is 9.26. The van der Waals surface area contributed by atoms with Crippen molar-refractivity contribution in [3.63, 3.8) is 0 Å². The van der Waals surface area contributed by atoms with Crippen molar-refractivity contribution in [1.82, 2.24) is 14.5 Å². The smallest absolute Gasteiger partial charge is 0.254 e. The zero-order valence-corrected chi connectivity index (χ0v) is 17.4. The largest absolute Gasteiger partial charge is 0.485 e. The van der Waals surface area contributed by atoms with Crippen LogP contribution >= 0.6 is 0 Å². The van der Waals surface area contributed by atoms with Gasteiger partial charge in [0.1, 0.15) is 23.9 Å². The van der Waals surface area contributed by atoms with E-state index < -0.39 is 0 Å². The number of rotatable bonds is 7. The van der Waals surface area contributed by atoms with E-state index in [0.717, 1.165) is 22.8 Å². The lowest BCUT2D eigenvalue weighted by Gasteiger charge is -2.20. The number of aromatic nitrogens is 3. The van der Waals surface area contributed by atoms with Crippen LogP contribution in [0.5, 0.6) is 17.2 Å². The molecule has 4 rings (SSSR count). The third-order valence-electron chi connectivity index (χ3n) is 4.95. The van der Waals surface area contributed by atoms with Crippen LogP contribution in [-0.4, -0.2) is 14.5 Å². The molecule has 0 aliphatic carbocycles. The molecule has 2 aromatic carbocycles. The molecular formula is C25H23N3O3. The maximum Gasteiger partial charge on any atom is 0.254 e. The topological polar surface area (TPSA) is 66.2 Å². The van der Waals surface area contributed by atoms with Gasteiger partial charge in [-0.25, -0.2) is 9.97 Å². The molecule has 0 N–H and O–H groups in total. The van der Waals surface area contributed by atoms with Gasteiger partial charge in [0.2, 0.25) is 0 Å². The van der Waals surface area contributed by atoms with E-state index in [1.165, 1.54) is 6.07 Å². The summed E-state index contributed by atoms with van der Waals surface area (Å²) in [4.78, 5) is 21.1. The predicted molar refractivity (Wildman–Crippen MR) is 119 cm³/mol. The molecule has 2 heterocycles. The van der Waals surface area contributed by atoms with Crippen LogP contribution in [0.2, 0.25) is 0 Å². The highest BCUT2D eigenvalue weighted by atomic mass is 16.5. The van der Waals surface area contributed by atoms with E-state index in [2.05, 4.69) is 9.97 Å². The standard InChI is InChI=1S/C25H23N3O3/c1-18-15-23(30-17-24-26-13-6-14-27-24)16-25(29)28(18)19(2)20-9-11-22(12-10-20)31-21-7-4-3-5-8-21/h3-16,19H,17H2,1-2H3. The van der Waals surface area contributed by atoms with Gasteiger partial charge in [-0.1, -0.05) is 30.3 Å². The molecule has 156 valence electrons. The lowest BCUT2D eigenvalue weighted by molar-refractivity contribution is 0.294. The number of aryl methyl sites for hydroxylation is 1. The Morgan fingerprint density at radius 2 is 1.55 bits per heavy atom. The van der Waals surface area contributed by atoms with Gasteiger partial charge < -0.3 is 14.0 Å². The summed E-state index contributed by atoms with van der Waals surface area (Å²) in [6.07, 6.45) is 3.32. The van der Waals surface area contributed by atoms with Gasteiger partial charge in [-0.05, 0) is 55.8 Å².